The minimum absolute atomic E-state index is 0.272. The van der Waals surface area contributed by atoms with Gasteiger partial charge in [-0.05, 0) is 33.4 Å². The number of aromatic nitrogens is 2. The average molecular weight is 283 g/mol. The Kier molecular flexibility index (Phi) is 5.75. The minimum atomic E-state index is -0.727. The summed E-state index contributed by atoms with van der Waals surface area (Å²) in [5.74, 6) is 0.252. The second kappa shape index (κ2) is 6.86. The summed E-state index contributed by atoms with van der Waals surface area (Å²) in [5, 5.41) is 3.84. The van der Waals surface area contributed by atoms with Crippen molar-refractivity contribution in [1.29, 1.82) is 0 Å². The zero-order chi connectivity index (χ0) is 14.5. The molecule has 0 amide bonds. The molecule has 0 aliphatic heterocycles. The second-order valence-electron chi connectivity index (χ2n) is 4.58. The van der Waals surface area contributed by atoms with E-state index in [1.54, 1.807) is 0 Å². The molecule has 0 aromatic carbocycles. The summed E-state index contributed by atoms with van der Waals surface area (Å²) in [6, 6.07) is 1.92. The van der Waals surface area contributed by atoms with E-state index >= 15 is 0 Å². The lowest BCUT2D eigenvalue weighted by atomic mass is 10.1. The normalized spacial score (nSPS) is 13.9. The first-order valence-electron chi connectivity index (χ1n) is 6.20. The zero-order valence-corrected chi connectivity index (χ0v) is 12.9. The molecule has 1 unspecified atom stereocenters. The van der Waals surface area contributed by atoms with Crippen LogP contribution in [0.15, 0.2) is 11.2 Å². The summed E-state index contributed by atoms with van der Waals surface area (Å²) < 4.78 is 4.85. The van der Waals surface area contributed by atoms with Crippen LogP contribution >= 0.6 is 11.8 Å². The number of esters is 1. The molecule has 0 aliphatic carbocycles. The number of hydrogen-bond acceptors (Lipinski definition) is 6. The molecule has 0 spiro atoms. The number of thioether (sulfide) groups is 1. The molecular weight excluding hydrogens is 262 g/mol. The smallest absolute Gasteiger partial charge is 0.326 e. The van der Waals surface area contributed by atoms with Crippen molar-refractivity contribution in [2.45, 2.75) is 38.4 Å². The Hall–Kier alpha value is -1.14. The standard InChI is InChI=1S/C13H21N3O2S/c1-6-14-13(4,11(17)18-5)8-19-12-15-9(2)7-10(3)16-12/h7,14H,6,8H2,1-5H3. The van der Waals surface area contributed by atoms with E-state index in [0.29, 0.717) is 17.5 Å². The van der Waals surface area contributed by atoms with E-state index in [1.165, 1.54) is 18.9 Å². The van der Waals surface area contributed by atoms with Crippen LogP contribution in [-0.4, -0.2) is 40.9 Å². The predicted octanol–water partition coefficient (Wildman–Crippen LogP) is 1.73. The summed E-state index contributed by atoms with van der Waals surface area (Å²) in [6.45, 7) is 8.35. The van der Waals surface area contributed by atoms with E-state index < -0.39 is 5.54 Å². The molecular formula is C13H21N3O2S. The van der Waals surface area contributed by atoms with Crippen LogP contribution < -0.4 is 5.32 Å². The lowest BCUT2D eigenvalue weighted by Gasteiger charge is -2.26. The highest BCUT2D eigenvalue weighted by Crippen LogP contribution is 2.21. The number of likely N-dealkylation sites (N-methyl/N-ethyl adjacent to an activating group) is 1. The van der Waals surface area contributed by atoms with Gasteiger partial charge in [-0.1, -0.05) is 18.7 Å². The number of rotatable bonds is 6. The van der Waals surface area contributed by atoms with Gasteiger partial charge in [-0.15, -0.1) is 0 Å². The summed E-state index contributed by atoms with van der Waals surface area (Å²) in [7, 11) is 1.40. The van der Waals surface area contributed by atoms with Crippen molar-refractivity contribution < 1.29 is 9.53 Å². The van der Waals surface area contributed by atoms with E-state index in [9.17, 15) is 4.79 Å². The third-order valence-corrected chi connectivity index (χ3v) is 3.82. The fraction of sp³-hybridized carbons (Fsp3) is 0.615. The van der Waals surface area contributed by atoms with Crippen LogP contribution in [0.25, 0.3) is 0 Å². The van der Waals surface area contributed by atoms with Gasteiger partial charge < -0.3 is 10.1 Å². The Bertz CT molecular complexity index is 433. The first-order chi connectivity index (χ1) is 8.91. The average Bonchev–Trinajstić information content (AvgIpc) is 2.34. The van der Waals surface area contributed by atoms with Crippen LogP contribution in [-0.2, 0) is 9.53 Å². The van der Waals surface area contributed by atoms with E-state index in [2.05, 4.69) is 15.3 Å². The maximum Gasteiger partial charge on any atom is 0.326 e. The van der Waals surface area contributed by atoms with Gasteiger partial charge in [0, 0.05) is 17.1 Å². The van der Waals surface area contributed by atoms with E-state index in [0.717, 1.165) is 11.4 Å². The Morgan fingerprint density at radius 2 is 2.00 bits per heavy atom. The van der Waals surface area contributed by atoms with E-state index in [-0.39, 0.29) is 5.97 Å². The number of aryl methyl sites for hydroxylation is 2. The van der Waals surface area contributed by atoms with Gasteiger partial charge in [-0.3, -0.25) is 4.79 Å². The molecule has 19 heavy (non-hydrogen) atoms. The number of carbonyl (C=O) groups excluding carboxylic acids is 1. The van der Waals surface area contributed by atoms with Crippen molar-refractivity contribution in [2.24, 2.45) is 0 Å². The molecule has 1 atom stereocenters. The maximum atomic E-state index is 11.8. The van der Waals surface area contributed by atoms with Crippen LogP contribution in [0, 0.1) is 13.8 Å². The first-order valence-corrected chi connectivity index (χ1v) is 7.18. The minimum Gasteiger partial charge on any atom is -0.468 e. The number of methoxy groups -OCH3 is 1. The Morgan fingerprint density at radius 3 is 2.47 bits per heavy atom. The predicted molar refractivity (Wildman–Crippen MR) is 76.3 cm³/mol. The molecule has 106 valence electrons. The van der Waals surface area contributed by atoms with Gasteiger partial charge in [0.2, 0.25) is 0 Å². The molecule has 0 saturated carbocycles. The molecule has 5 nitrogen and oxygen atoms in total. The lowest BCUT2D eigenvalue weighted by molar-refractivity contribution is -0.146. The first kappa shape index (κ1) is 15.9. The van der Waals surface area contributed by atoms with Crippen LogP contribution in [0.5, 0.6) is 0 Å². The molecule has 1 aromatic rings. The van der Waals surface area contributed by atoms with Crippen molar-refractivity contribution in [3.63, 3.8) is 0 Å². The fourth-order valence-corrected chi connectivity index (χ4v) is 2.82. The third-order valence-electron chi connectivity index (χ3n) is 2.65. The van der Waals surface area contributed by atoms with Crippen LogP contribution in [0.1, 0.15) is 25.2 Å². The molecule has 0 saturated heterocycles. The number of hydrogen-bond donors (Lipinski definition) is 1. The second-order valence-corrected chi connectivity index (χ2v) is 5.52. The zero-order valence-electron chi connectivity index (χ0n) is 12.1. The number of carbonyl (C=O) groups is 1. The highest BCUT2D eigenvalue weighted by atomic mass is 32.2. The van der Waals surface area contributed by atoms with Gasteiger partial charge >= 0.3 is 5.97 Å². The highest BCUT2D eigenvalue weighted by Gasteiger charge is 2.33. The van der Waals surface area contributed by atoms with Gasteiger partial charge in [-0.2, -0.15) is 0 Å². The number of ether oxygens (including phenoxy) is 1. The Labute approximate surface area is 118 Å². The molecule has 6 heteroatoms. The van der Waals surface area contributed by atoms with Crippen molar-refractivity contribution in [3.8, 4) is 0 Å². The topological polar surface area (TPSA) is 64.1 Å². The van der Waals surface area contributed by atoms with Gasteiger partial charge in [0.15, 0.2) is 5.16 Å². The van der Waals surface area contributed by atoms with E-state index in [1.807, 2.05) is 33.8 Å². The van der Waals surface area contributed by atoms with E-state index in [4.69, 9.17) is 4.74 Å². The number of nitrogens with one attached hydrogen (secondary N) is 1. The molecule has 1 aromatic heterocycles. The van der Waals surface area contributed by atoms with Crippen molar-refractivity contribution in [1.82, 2.24) is 15.3 Å². The molecule has 1 rings (SSSR count). The molecule has 0 aliphatic rings. The summed E-state index contributed by atoms with van der Waals surface area (Å²) in [5.41, 5.74) is 1.13. The highest BCUT2D eigenvalue weighted by molar-refractivity contribution is 7.99. The van der Waals surface area contributed by atoms with Crippen LogP contribution in [0.3, 0.4) is 0 Å². The van der Waals surface area contributed by atoms with Gasteiger partial charge in [0.1, 0.15) is 5.54 Å². The number of nitrogens with zero attached hydrogens (tertiary/aromatic N) is 2. The lowest BCUT2D eigenvalue weighted by Crippen LogP contribution is -2.52. The quantitative estimate of drug-likeness (QED) is 0.487. The molecule has 1 heterocycles. The van der Waals surface area contributed by atoms with Gasteiger partial charge in [0.25, 0.3) is 0 Å². The molecule has 0 fully saturated rings. The Balaban J connectivity index is 2.78. The fourth-order valence-electron chi connectivity index (χ4n) is 1.76. The van der Waals surface area contributed by atoms with Gasteiger partial charge in [0.05, 0.1) is 7.11 Å². The van der Waals surface area contributed by atoms with Crippen molar-refractivity contribution >= 4 is 17.7 Å². The third kappa shape index (κ3) is 4.47. The summed E-state index contributed by atoms with van der Waals surface area (Å²) in [4.78, 5) is 20.5. The van der Waals surface area contributed by atoms with Crippen LogP contribution in [0.4, 0.5) is 0 Å². The largest absolute Gasteiger partial charge is 0.468 e. The van der Waals surface area contributed by atoms with Crippen molar-refractivity contribution in [3.05, 3.63) is 17.5 Å². The molecule has 0 radical (unpaired) electrons. The molecule has 1 N–H and O–H groups in total. The maximum absolute atomic E-state index is 11.8. The van der Waals surface area contributed by atoms with Gasteiger partial charge in [-0.25, -0.2) is 9.97 Å². The monoisotopic (exact) mass is 283 g/mol. The summed E-state index contributed by atoms with van der Waals surface area (Å²) >= 11 is 1.45. The van der Waals surface area contributed by atoms with Crippen molar-refractivity contribution in [2.75, 3.05) is 19.4 Å². The van der Waals surface area contributed by atoms with Crippen LogP contribution in [0.2, 0.25) is 0 Å². The Morgan fingerprint density at radius 1 is 1.42 bits per heavy atom. The molecule has 0 bridgehead atoms. The SMILES string of the molecule is CCNC(C)(CSc1nc(C)cc(C)n1)C(=O)OC. The summed E-state index contributed by atoms with van der Waals surface area (Å²) in [6.07, 6.45) is 0.